The number of nitrogens with one attached hydrogen (secondary N) is 1. The molecule has 1 fully saturated rings. The van der Waals surface area contributed by atoms with Gasteiger partial charge in [0.1, 0.15) is 0 Å². The van der Waals surface area contributed by atoms with Crippen LogP contribution in [-0.2, 0) is 4.79 Å². The monoisotopic (exact) mass is 314 g/mol. The minimum atomic E-state index is -0.459. The fraction of sp³-hybridized carbons (Fsp3) is 0.533. The summed E-state index contributed by atoms with van der Waals surface area (Å²) in [6.45, 7) is 2.25. The van der Waals surface area contributed by atoms with Crippen molar-refractivity contribution in [3.8, 4) is 0 Å². The Morgan fingerprint density at radius 1 is 1.25 bits per heavy atom. The predicted octanol–water partition coefficient (Wildman–Crippen LogP) is 4.15. The van der Waals surface area contributed by atoms with Crippen LogP contribution in [0, 0.1) is 12.3 Å². The lowest BCUT2D eigenvalue weighted by atomic mass is 9.73. The smallest absolute Gasteiger partial charge is 0.231 e. The van der Waals surface area contributed by atoms with Gasteiger partial charge in [-0.1, -0.05) is 42.5 Å². The van der Waals surface area contributed by atoms with E-state index < -0.39 is 5.41 Å². The molecule has 3 nitrogen and oxygen atoms in total. The number of anilines is 1. The van der Waals surface area contributed by atoms with Gasteiger partial charge in [0.15, 0.2) is 0 Å². The molecule has 0 unspecified atom stereocenters. The summed E-state index contributed by atoms with van der Waals surface area (Å²) in [6.07, 6.45) is 4.95. The van der Waals surface area contributed by atoms with Crippen LogP contribution in [0.3, 0.4) is 0 Å². The molecule has 0 bridgehead atoms. The van der Waals surface area contributed by atoms with Crippen molar-refractivity contribution in [1.29, 1.82) is 0 Å². The van der Waals surface area contributed by atoms with E-state index in [1.165, 1.54) is 6.42 Å². The number of hydrogen-bond acceptors (Lipinski definition) is 2. The molecule has 1 aliphatic carbocycles. The molecule has 3 N–H and O–H groups in total. The summed E-state index contributed by atoms with van der Waals surface area (Å²) in [4.78, 5) is 12.6. The lowest BCUT2D eigenvalue weighted by Crippen LogP contribution is -2.43. The van der Waals surface area contributed by atoms with Crippen molar-refractivity contribution in [2.24, 2.45) is 11.1 Å². The second-order valence-electron chi connectivity index (χ2n) is 5.58. The lowest BCUT2D eigenvalue weighted by molar-refractivity contribution is -0.126. The Hall–Kier alpha value is -0.770. The first-order chi connectivity index (χ1) is 9.48. The van der Waals surface area contributed by atoms with Crippen LogP contribution in [0.5, 0.6) is 0 Å². The molecular formula is C15H20Cl2N2O. The van der Waals surface area contributed by atoms with Gasteiger partial charge >= 0.3 is 0 Å². The maximum Gasteiger partial charge on any atom is 0.231 e. The van der Waals surface area contributed by atoms with Crippen molar-refractivity contribution in [3.63, 3.8) is 0 Å². The Labute approximate surface area is 129 Å². The maximum atomic E-state index is 12.6. The molecule has 1 aromatic carbocycles. The standard InChI is InChI=1S/C15H20Cl2N2O/c1-10-7-12(17)13(8-11(10)16)19-14(20)15(9-18)5-3-2-4-6-15/h7-8H,2-6,9,18H2,1H3,(H,19,20). The zero-order valence-electron chi connectivity index (χ0n) is 11.6. The second kappa shape index (κ2) is 6.33. The van der Waals surface area contributed by atoms with Crippen molar-refractivity contribution in [2.75, 3.05) is 11.9 Å². The number of halogens is 2. The quantitative estimate of drug-likeness (QED) is 0.880. The Kier molecular flexibility index (Phi) is 4.95. The Morgan fingerprint density at radius 2 is 1.90 bits per heavy atom. The molecule has 110 valence electrons. The predicted molar refractivity (Wildman–Crippen MR) is 84.4 cm³/mol. The van der Waals surface area contributed by atoms with E-state index in [-0.39, 0.29) is 5.91 Å². The molecule has 1 aliphatic rings. The molecule has 0 radical (unpaired) electrons. The van der Waals surface area contributed by atoms with Crippen LogP contribution in [0.15, 0.2) is 12.1 Å². The van der Waals surface area contributed by atoms with E-state index in [4.69, 9.17) is 28.9 Å². The number of rotatable bonds is 3. The molecule has 20 heavy (non-hydrogen) atoms. The molecule has 0 heterocycles. The summed E-state index contributed by atoms with van der Waals surface area (Å²) in [7, 11) is 0. The molecular weight excluding hydrogens is 295 g/mol. The van der Waals surface area contributed by atoms with Gasteiger partial charge in [0.2, 0.25) is 5.91 Å². The van der Waals surface area contributed by atoms with E-state index in [0.717, 1.165) is 31.2 Å². The number of aryl methyl sites for hydroxylation is 1. The fourth-order valence-corrected chi connectivity index (χ4v) is 3.18. The number of carbonyl (C=O) groups is 1. The summed E-state index contributed by atoms with van der Waals surface area (Å²) in [6, 6.07) is 3.46. The van der Waals surface area contributed by atoms with E-state index in [0.29, 0.717) is 22.3 Å². The third kappa shape index (κ3) is 3.11. The van der Waals surface area contributed by atoms with Crippen molar-refractivity contribution >= 4 is 34.8 Å². The molecule has 5 heteroatoms. The third-order valence-corrected chi connectivity index (χ3v) is 4.90. The maximum absolute atomic E-state index is 12.6. The van der Waals surface area contributed by atoms with Crippen LogP contribution in [0.25, 0.3) is 0 Å². The van der Waals surface area contributed by atoms with Gasteiger partial charge in [-0.2, -0.15) is 0 Å². The summed E-state index contributed by atoms with van der Waals surface area (Å²) in [5.74, 6) is -0.0403. The highest BCUT2D eigenvalue weighted by Gasteiger charge is 2.38. The highest BCUT2D eigenvalue weighted by atomic mass is 35.5. The highest BCUT2D eigenvalue weighted by Crippen LogP contribution is 2.37. The van der Waals surface area contributed by atoms with Gasteiger partial charge in [0.25, 0.3) is 0 Å². The van der Waals surface area contributed by atoms with Gasteiger partial charge in [-0.05, 0) is 37.5 Å². The van der Waals surface area contributed by atoms with Crippen molar-refractivity contribution in [1.82, 2.24) is 0 Å². The first kappa shape index (κ1) is 15.6. The highest BCUT2D eigenvalue weighted by molar-refractivity contribution is 6.36. The molecule has 0 atom stereocenters. The Balaban J connectivity index is 2.20. The van der Waals surface area contributed by atoms with Crippen LogP contribution < -0.4 is 11.1 Å². The first-order valence-electron chi connectivity index (χ1n) is 6.96. The van der Waals surface area contributed by atoms with Gasteiger partial charge < -0.3 is 11.1 Å². The van der Waals surface area contributed by atoms with Gasteiger partial charge in [-0.15, -0.1) is 0 Å². The Morgan fingerprint density at radius 3 is 2.50 bits per heavy atom. The largest absolute Gasteiger partial charge is 0.329 e. The second-order valence-corrected chi connectivity index (χ2v) is 6.39. The average molecular weight is 315 g/mol. The van der Waals surface area contributed by atoms with Crippen LogP contribution in [0.4, 0.5) is 5.69 Å². The zero-order chi connectivity index (χ0) is 14.8. The van der Waals surface area contributed by atoms with Crippen LogP contribution >= 0.6 is 23.2 Å². The van der Waals surface area contributed by atoms with E-state index in [9.17, 15) is 4.79 Å². The van der Waals surface area contributed by atoms with Crippen molar-refractivity contribution < 1.29 is 4.79 Å². The normalized spacial score (nSPS) is 17.8. The molecule has 1 saturated carbocycles. The number of benzene rings is 1. The van der Waals surface area contributed by atoms with Crippen LogP contribution in [0.1, 0.15) is 37.7 Å². The molecule has 0 aromatic heterocycles. The van der Waals surface area contributed by atoms with Gasteiger partial charge in [0, 0.05) is 11.6 Å². The summed E-state index contributed by atoms with van der Waals surface area (Å²) in [5.41, 5.74) is 6.86. The molecule has 1 amide bonds. The topological polar surface area (TPSA) is 55.1 Å². The van der Waals surface area contributed by atoms with E-state index >= 15 is 0 Å². The SMILES string of the molecule is Cc1cc(Cl)c(NC(=O)C2(CN)CCCCC2)cc1Cl. The summed E-state index contributed by atoms with van der Waals surface area (Å²) in [5, 5.41) is 4.00. The molecule has 1 aromatic rings. The minimum absolute atomic E-state index is 0.0403. The van der Waals surface area contributed by atoms with Gasteiger partial charge in [0.05, 0.1) is 16.1 Å². The number of hydrogen-bond donors (Lipinski definition) is 2. The number of carbonyl (C=O) groups excluding carboxylic acids is 1. The lowest BCUT2D eigenvalue weighted by Gasteiger charge is -2.34. The first-order valence-corrected chi connectivity index (χ1v) is 7.71. The molecule has 0 saturated heterocycles. The summed E-state index contributed by atoms with van der Waals surface area (Å²) >= 11 is 12.3. The Bertz CT molecular complexity index is 511. The van der Waals surface area contributed by atoms with E-state index in [1.54, 1.807) is 12.1 Å². The molecule has 2 rings (SSSR count). The minimum Gasteiger partial charge on any atom is -0.329 e. The molecule has 0 spiro atoms. The van der Waals surface area contributed by atoms with Gasteiger partial charge in [-0.3, -0.25) is 4.79 Å². The van der Waals surface area contributed by atoms with Crippen molar-refractivity contribution in [2.45, 2.75) is 39.0 Å². The summed E-state index contributed by atoms with van der Waals surface area (Å²) < 4.78 is 0. The van der Waals surface area contributed by atoms with Gasteiger partial charge in [-0.25, -0.2) is 0 Å². The van der Waals surface area contributed by atoms with Crippen molar-refractivity contribution in [3.05, 3.63) is 27.7 Å². The van der Waals surface area contributed by atoms with Crippen LogP contribution in [-0.4, -0.2) is 12.5 Å². The third-order valence-electron chi connectivity index (χ3n) is 4.18. The zero-order valence-corrected chi connectivity index (χ0v) is 13.2. The van der Waals surface area contributed by atoms with Crippen LogP contribution in [0.2, 0.25) is 10.0 Å². The molecule has 0 aliphatic heterocycles. The number of nitrogens with two attached hydrogens (primary N) is 1. The fourth-order valence-electron chi connectivity index (χ4n) is 2.75. The van der Waals surface area contributed by atoms with E-state index in [2.05, 4.69) is 5.32 Å². The number of amides is 1. The average Bonchev–Trinajstić information content (AvgIpc) is 2.45. The van der Waals surface area contributed by atoms with E-state index in [1.807, 2.05) is 6.92 Å².